The van der Waals surface area contributed by atoms with Crippen LogP contribution in [0.4, 0.5) is 0 Å². The van der Waals surface area contributed by atoms with Gasteiger partial charge in [-0.1, -0.05) is 32.9 Å². The van der Waals surface area contributed by atoms with E-state index in [-0.39, 0.29) is 0 Å². The highest BCUT2D eigenvalue weighted by atomic mass is 16.5. The second kappa shape index (κ2) is 7.33. The fourth-order valence-corrected chi connectivity index (χ4v) is 1.59. The van der Waals surface area contributed by atoms with E-state index in [4.69, 9.17) is 4.74 Å². The zero-order chi connectivity index (χ0) is 12.7. The van der Waals surface area contributed by atoms with Gasteiger partial charge in [-0.15, -0.1) is 0 Å². The Morgan fingerprint density at radius 2 is 2.00 bits per heavy atom. The minimum absolute atomic E-state index is 0.713. The van der Waals surface area contributed by atoms with E-state index in [1.54, 1.807) is 0 Å². The SMILES string of the molecule is CCOc1cccc(CNCC(C)C(C)C)c1. The van der Waals surface area contributed by atoms with Crippen LogP contribution in [0.15, 0.2) is 24.3 Å². The van der Waals surface area contributed by atoms with Crippen LogP contribution in [-0.2, 0) is 6.54 Å². The molecule has 96 valence electrons. The van der Waals surface area contributed by atoms with Gasteiger partial charge in [0.1, 0.15) is 5.75 Å². The van der Waals surface area contributed by atoms with Crippen LogP contribution in [0.1, 0.15) is 33.3 Å². The van der Waals surface area contributed by atoms with Crippen LogP contribution in [0, 0.1) is 11.8 Å². The molecular weight excluding hydrogens is 210 g/mol. The molecule has 0 aliphatic heterocycles. The lowest BCUT2D eigenvalue weighted by Gasteiger charge is -2.16. The Balaban J connectivity index is 2.38. The summed E-state index contributed by atoms with van der Waals surface area (Å²) >= 11 is 0. The van der Waals surface area contributed by atoms with E-state index in [9.17, 15) is 0 Å². The summed E-state index contributed by atoms with van der Waals surface area (Å²) in [4.78, 5) is 0. The molecule has 2 nitrogen and oxygen atoms in total. The van der Waals surface area contributed by atoms with Crippen molar-refractivity contribution in [3.8, 4) is 5.75 Å². The van der Waals surface area contributed by atoms with Gasteiger partial charge in [0.05, 0.1) is 6.61 Å². The third kappa shape index (κ3) is 5.22. The maximum Gasteiger partial charge on any atom is 0.119 e. The summed E-state index contributed by atoms with van der Waals surface area (Å²) in [7, 11) is 0. The average Bonchev–Trinajstić information content (AvgIpc) is 2.29. The lowest BCUT2D eigenvalue weighted by Crippen LogP contribution is -2.23. The molecule has 1 aromatic carbocycles. The zero-order valence-corrected chi connectivity index (χ0v) is 11.5. The highest BCUT2D eigenvalue weighted by Crippen LogP contribution is 2.13. The van der Waals surface area contributed by atoms with E-state index >= 15 is 0 Å². The van der Waals surface area contributed by atoms with Crippen molar-refractivity contribution in [2.75, 3.05) is 13.2 Å². The standard InChI is InChI=1S/C15H25NO/c1-5-17-15-8-6-7-14(9-15)11-16-10-13(4)12(2)3/h6-9,12-13,16H,5,10-11H2,1-4H3. The normalized spacial score (nSPS) is 12.8. The minimum atomic E-state index is 0.713. The lowest BCUT2D eigenvalue weighted by molar-refractivity contribution is 0.339. The van der Waals surface area contributed by atoms with E-state index < -0.39 is 0 Å². The summed E-state index contributed by atoms with van der Waals surface area (Å²) in [5.41, 5.74) is 1.28. The molecule has 2 heteroatoms. The van der Waals surface area contributed by atoms with Crippen LogP contribution in [0.5, 0.6) is 5.75 Å². The zero-order valence-electron chi connectivity index (χ0n) is 11.5. The summed E-state index contributed by atoms with van der Waals surface area (Å²) in [6, 6.07) is 8.30. The van der Waals surface area contributed by atoms with Gasteiger partial charge in [-0.2, -0.15) is 0 Å². The van der Waals surface area contributed by atoms with Crippen LogP contribution < -0.4 is 10.1 Å². The van der Waals surface area contributed by atoms with Crippen molar-refractivity contribution in [1.82, 2.24) is 5.32 Å². The molecular formula is C15H25NO. The summed E-state index contributed by atoms with van der Waals surface area (Å²) in [5, 5.41) is 3.50. The van der Waals surface area contributed by atoms with E-state index in [1.807, 2.05) is 19.1 Å². The maximum absolute atomic E-state index is 5.48. The Morgan fingerprint density at radius 3 is 2.65 bits per heavy atom. The second-order valence-electron chi connectivity index (χ2n) is 4.93. The van der Waals surface area contributed by atoms with Crippen LogP contribution in [0.2, 0.25) is 0 Å². The summed E-state index contributed by atoms with van der Waals surface area (Å²) in [5.74, 6) is 2.41. The van der Waals surface area contributed by atoms with Crippen molar-refractivity contribution in [1.29, 1.82) is 0 Å². The van der Waals surface area contributed by atoms with Gasteiger partial charge in [-0.3, -0.25) is 0 Å². The monoisotopic (exact) mass is 235 g/mol. The fourth-order valence-electron chi connectivity index (χ4n) is 1.59. The average molecular weight is 235 g/mol. The molecule has 0 heterocycles. The predicted molar refractivity (Wildman–Crippen MR) is 73.3 cm³/mol. The summed E-state index contributed by atoms with van der Waals surface area (Å²) in [6.45, 7) is 11.5. The highest BCUT2D eigenvalue weighted by Gasteiger charge is 2.06. The van der Waals surface area contributed by atoms with Crippen molar-refractivity contribution < 1.29 is 4.74 Å². The quantitative estimate of drug-likeness (QED) is 0.781. The third-order valence-corrected chi connectivity index (χ3v) is 3.14. The molecule has 1 unspecified atom stereocenters. The first-order valence-electron chi connectivity index (χ1n) is 6.56. The number of rotatable bonds is 7. The van der Waals surface area contributed by atoms with Gasteiger partial charge in [0.15, 0.2) is 0 Å². The number of hydrogen-bond acceptors (Lipinski definition) is 2. The van der Waals surface area contributed by atoms with Crippen LogP contribution in [-0.4, -0.2) is 13.2 Å². The van der Waals surface area contributed by atoms with Crippen molar-refractivity contribution >= 4 is 0 Å². The molecule has 0 spiro atoms. The van der Waals surface area contributed by atoms with E-state index in [1.165, 1.54) is 5.56 Å². The molecule has 0 bridgehead atoms. The highest BCUT2D eigenvalue weighted by molar-refractivity contribution is 5.28. The van der Waals surface area contributed by atoms with Crippen LogP contribution >= 0.6 is 0 Å². The molecule has 0 radical (unpaired) electrons. The van der Waals surface area contributed by atoms with Crippen LogP contribution in [0.3, 0.4) is 0 Å². The Bertz CT molecular complexity index is 322. The molecule has 1 aromatic rings. The number of hydrogen-bond donors (Lipinski definition) is 1. The molecule has 0 aliphatic carbocycles. The molecule has 0 saturated carbocycles. The van der Waals surface area contributed by atoms with Gasteiger partial charge < -0.3 is 10.1 Å². The Kier molecular flexibility index (Phi) is 6.06. The second-order valence-corrected chi connectivity index (χ2v) is 4.93. The predicted octanol–water partition coefficient (Wildman–Crippen LogP) is 3.47. The molecule has 0 saturated heterocycles. The van der Waals surface area contributed by atoms with Crippen molar-refractivity contribution in [3.63, 3.8) is 0 Å². The molecule has 0 amide bonds. The number of nitrogens with one attached hydrogen (secondary N) is 1. The van der Waals surface area contributed by atoms with Gasteiger partial charge in [-0.25, -0.2) is 0 Å². The topological polar surface area (TPSA) is 21.3 Å². The van der Waals surface area contributed by atoms with Gasteiger partial charge in [0, 0.05) is 6.54 Å². The van der Waals surface area contributed by atoms with E-state index in [0.717, 1.165) is 31.4 Å². The lowest BCUT2D eigenvalue weighted by atomic mass is 9.98. The molecule has 17 heavy (non-hydrogen) atoms. The molecule has 0 aliphatic rings. The van der Waals surface area contributed by atoms with E-state index in [0.29, 0.717) is 5.92 Å². The molecule has 1 atom stereocenters. The molecule has 0 fully saturated rings. The number of benzene rings is 1. The molecule has 1 N–H and O–H groups in total. The van der Waals surface area contributed by atoms with Crippen molar-refractivity contribution in [2.24, 2.45) is 11.8 Å². The molecule has 1 rings (SSSR count). The van der Waals surface area contributed by atoms with Crippen molar-refractivity contribution in [3.05, 3.63) is 29.8 Å². The summed E-state index contributed by atoms with van der Waals surface area (Å²) in [6.07, 6.45) is 0. The third-order valence-electron chi connectivity index (χ3n) is 3.14. The Morgan fingerprint density at radius 1 is 1.24 bits per heavy atom. The molecule has 0 aromatic heterocycles. The first kappa shape index (κ1) is 14.0. The van der Waals surface area contributed by atoms with Gasteiger partial charge in [0.2, 0.25) is 0 Å². The minimum Gasteiger partial charge on any atom is -0.494 e. The first-order chi connectivity index (χ1) is 8.13. The Hall–Kier alpha value is -1.02. The van der Waals surface area contributed by atoms with Gasteiger partial charge in [-0.05, 0) is 43.0 Å². The number of ether oxygens (including phenoxy) is 1. The fraction of sp³-hybridized carbons (Fsp3) is 0.600. The Labute approximate surface area is 105 Å². The maximum atomic E-state index is 5.48. The van der Waals surface area contributed by atoms with Crippen molar-refractivity contribution in [2.45, 2.75) is 34.2 Å². The first-order valence-corrected chi connectivity index (χ1v) is 6.56. The summed E-state index contributed by atoms with van der Waals surface area (Å²) < 4.78 is 5.48. The smallest absolute Gasteiger partial charge is 0.119 e. The van der Waals surface area contributed by atoms with E-state index in [2.05, 4.69) is 38.2 Å². The largest absolute Gasteiger partial charge is 0.494 e. The van der Waals surface area contributed by atoms with Gasteiger partial charge >= 0.3 is 0 Å². The van der Waals surface area contributed by atoms with Gasteiger partial charge in [0.25, 0.3) is 0 Å². The van der Waals surface area contributed by atoms with Crippen LogP contribution in [0.25, 0.3) is 0 Å².